The van der Waals surface area contributed by atoms with Crippen molar-refractivity contribution in [2.75, 3.05) is 0 Å². The fourth-order valence-electron chi connectivity index (χ4n) is 1.20. The Morgan fingerprint density at radius 3 is 2.79 bits per heavy atom. The highest BCUT2D eigenvalue weighted by Crippen LogP contribution is 2.17. The Balaban J connectivity index is 2.85. The number of hydrogen-bond acceptors (Lipinski definition) is 2. The van der Waals surface area contributed by atoms with Gasteiger partial charge in [0.15, 0.2) is 0 Å². The molecule has 0 aliphatic carbocycles. The van der Waals surface area contributed by atoms with Gasteiger partial charge in [-0.15, -0.1) is 0 Å². The number of aryl methyl sites for hydroxylation is 1. The van der Waals surface area contributed by atoms with Crippen molar-refractivity contribution < 1.29 is 4.79 Å². The standard InChI is InChI=1S/C10H13BrN2O/c1-6-2-3-8(11)4-7(6)5-9(12)10(13)14/h2-4,9H,5,12H2,1H3,(H2,13,14). The highest BCUT2D eigenvalue weighted by atomic mass is 79.9. The van der Waals surface area contributed by atoms with E-state index in [1.165, 1.54) is 0 Å². The predicted octanol–water partition coefficient (Wildman–Crippen LogP) is 1.11. The van der Waals surface area contributed by atoms with Crippen molar-refractivity contribution >= 4 is 21.8 Å². The molecule has 0 saturated heterocycles. The first-order chi connectivity index (χ1) is 6.50. The van der Waals surface area contributed by atoms with Crippen molar-refractivity contribution in [1.82, 2.24) is 0 Å². The molecule has 1 amide bonds. The maximum atomic E-state index is 10.8. The minimum Gasteiger partial charge on any atom is -0.368 e. The van der Waals surface area contributed by atoms with Gasteiger partial charge in [-0.2, -0.15) is 0 Å². The lowest BCUT2D eigenvalue weighted by molar-refractivity contribution is -0.119. The fraction of sp³-hybridized carbons (Fsp3) is 0.300. The molecule has 0 radical (unpaired) electrons. The van der Waals surface area contributed by atoms with Crippen LogP contribution in [0.1, 0.15) is 11.1 Å². The average molecular weight is 257 g/mol. The van der Waals surface area contributed by atoms with Crippen LogP contribution < -0.4 is 11.5 Å². The van der Waals surface area contributed by atoms with Crippen LogP contribution in [0, 0.1) is 6.92 Å². The SMILES string of the molecule is Cc1ccc(Br)cc1CC(N)C(N)=O. The van der Waals surface area contributed by atoms with Gasteiger partial charge in [-0.1, -0.05) is 22.0 Å². The Kier molecular flexibility index (Phi) is 3.66. The zero-order valence-electron chi connectivity index (χ0n) is 7.96. The molecule has 0 spiro atoms. The summed E-state index contributed by atoms with van der Waals surface area (Å²) in [5.74, 6) is -0.468. The monoisotopic (exact) mass is 256 g/mol. The third-order valence-corrected chi connectivity index (χ3v) is 2.61. The lowest BCUT2D eigenvalue weighted by Gasteiger charge is -2.10. The predicted molar refractivity (Wildman–Crippen MR) is 59.8 cm³/mol. The summed E-state index contributed by atoms with van der Waals surface area (Å²) >= 11 is 3.37. The number of nitrogens with two attached hydrogens (primary N) is 2. The molecule has 1 rings (SSSR count). The summed E-state index contributed by atoms with van der Waals surface area (Å²) in [6.45, 7) is 1.98. The van der Waals surface area contributed by atoms with Gasteiger partial charge in [0.25, 0.3) is 0 Å². The molecular formula is C10H13BrN2O. The number of rotatable bonds is 3. The number of carbonyl (C=O) groups excluding carboxylic acids is 1. The van der Waals surface area contributed by atoms with Crippen LogP contribution >= 0.6 is 15.9 Å². The van der Waals surface area contributed by atoms with Crippen molar-refractivity contribution in [3.63, 3.8) is 0 Å². The maximum Gasteiger partial charge on any atom is 0.234 e. The molecular weight excluding hydrogens is 244 g/mol. The van der Waals surface area contributed by atoms with Gasteiger partial charge < -0.3 is 11.5 Å². The van der Waals surface area contributed by atoms with Crippen molar-refractivity contribution in [2.24, 2.45) is 11.5 Å². The molecule has 14 heavy (non-hydrogen) atoms. The Hall–Kier alpha value is -0.870. The fourth-order valence-corrected chi connectivity index (χ4v) is 1.61. The van der Waals surface area contributed by atoms with E-state index in [4.69, 9.17) is 11.5 Å². The van der Waals surface area contributed by atoms with Gasteiger partial charge in [0.2, 0.25) is 5.91 Å². The molecule has 0 aliphatic heterocycles. The second kappa shape index (κ2) is 4.57. The van der Waals surface area contributed by atoms with E-state index < -0.39 is 11.9 Å². The number of primary amides is 1. The van der Waals surface area contributed by atoms with Crippen LogP contribution in [0.4, 0.5) is 0 Å². The molecule has 0 heterocycles. The quantitative estimate of drug-likeness (QED) is 0.851. The molecule has 0 saturated carbocycles. The molecule has 3 nitrogen and oxygen atoms in total. The molecule has 76 valence electrons. The van der Waals surface area contributed by atoms with Gasteiger partial charge in [0, 0.05) is 4.47 Å². The van der Waals surface area contributed by atoms with Gasteiger partial charge in [0.1, 0.15) is 0 Å². The third kappa shape index (κ3) is 2.82. The van der Waals surface area contributed by atoms with Gasteiger partial charge in [0.05, 0.1) is 6.04 Å². The summed E-state index contributed by atoms with van der Waals surface area (Å²) in [4.78, 5) is 10.8. The number of hydrogen-bond donors (Lipinski definition) is 2. The molecule has 1 aromatic carbocycles. The minimum absolute atomic E-state index is 0.468. The van der Waals surface area contributed by atoms with Crippen LogP contribution in [0.5, 0.6) is 0 Å². The summed E-state index contributed by atoms with van der Waals surface area (Å²) in [6, 6.07) is 5.28. The van der Waals surface area contributed by atoms with Crippen molar-refractivity contribution in [3.05, 3.63) is 33.8 Å². The normalized spacial score (nSPS) is 12.5. The highest BCUT2D eigenvalue weighted by molar-refractivity contribution is 9.10. The minimum atomic E-state index is -0.608. The second-order valence-corrected chi connectivity index (χ2v) is 4.20. The van der Waals surface area contributed by atoms with Crippen LogP contribution in [0.15, 0.2) is 22.7 Å². The summed E-state index contributed by atoms with van der Waals surface area (Å²) in [5.41, 5.74) is 12.8. The molecule has 1 aromatic rings. The molecule has 4 heteroatoms. The summed E-state index contributed by atoms with van der Waals surface area (Å²) in [5, 5.41) is 0. The van der Waals surface area contributed by atoms with Crippen molar-refractivity contribution in [2.45, 2.75) is 19.4 Å². The van der Waals surface area contributed by atoms with E-state index >= 15 is 0 Å². The largest absolute Gasteiger partial charge is 0.368 e. The number of benzene rings is 1. The average Bonchev–Trinajstić information content (AvgIpc) is 2.11. The Morgan fingerprint density at radius 2 is 2.21 bits per heavy atom. The first kappa shape index (κ1) is 11.2. The second-order valence-electron chi connectivity index (χ2n) is 3.28. The van der Waals surface area contributed by atoms with Crippen LogP contribution in [-0.2, 0) is 11.2 Å². The lowest BCUT2D eigenvalue weighted by atomic mass is 10.0. The summed E-state index contributed by atoms with van der Waals surface area (Å²) in [7, 11) is 0. The number of amides is 1. The first-order valence-corrected chi connectivity index (χ1v) is 5.10. The smallest absolute Gasteiger partial charge is 0.234 e. The number of carbonyl (C=O) groups is 1. The van der Waals surface area contributed by atoms with Crippen LogP contribution in [0.2, 0.25) is 0 Å². The zero-order valence-corrected chi connectivity index (χ0v) is 9.54. The van der Waals surface area contributed by atoms with Crippen molar-refractivity contribution in [3.8, 4) is 0 Å². The van der Waals surface area contributed by atoms with E-state index in [0.29, 0.717) is 6.42 Å². The first-order valence-electron chi connectivity index (χ1n) is 4.30. The summed E-state index contributed by atoms with van der Waals surface area (Å²) in [6.07, 6.45) is 0.487. The van der Waals surface area contributed by atoms with E-state index in [2.05, 4.69) is 15.9 Å². The Morgan fingerprint density at radius 1 is 1.57 bits per heavy atom. The molecule has 0 fully saturated rings. The van der Waals surface area contributed by atoms with E-state index in [9.17, 15) is 4.79 Å². The van der Waals surface area contributed by atoms with Crippen LogP contribution in [-0.4, -0.2) is 11.9 Å². The Bertz CT molecular complexity index is 352. The maximum absolute atomic E-state index is 10.8. The van der Waals surface area contributed by atoms with E-state index in [0.717, 1.165) is 15.6 Å². The lowest BCUT2D eigenvalue weighted by Crippen LogP contribution is -2.38. The molecule has 4 N–H and O–H groups in total. The molecule has 0 aliphatic rings. The summed E-state index contributed by atoms with van der Waals surface area (Å²) < 4.78 is 0.981. The van der Waals surface area contributed by atoms with Crippen molar-refractivity contribution in [1.29, 1.82) is 0 Å². The molecule has 0 bridgehead atoms. The zero-order chi connectivity index (χ0) is 10.7. The van der Waals surface area contributed by atoms with E-state index in [1.54, 1.807) is 0 Å². The van der Waals surface area contributed by atoms with E-state index in [1.807, 2.05) is 25.1 Å². The number of halogens is 1. The van der Waals surface area contributed by atoms with Crippen LogP contribution in [0.25, 0.3) is 0 Å². The third-order valence-electron chi connectivity index (χ3n) is 2.12. The van der Waals surface area contributed by atoms with Crippen LogP contribution in [0.3, 0.4) is 0 Å². The Labute approximate surface area is 91.6 Å². The van der Waals surface area contributed by atoms with Gasteiger partial charge in [-0.05, 0) is 36.6 Å². The highest BCUT2D eigenvalue weighted by Gasteiger charge is 2.11. The molecule has 1 atom stereocenters. The van der Waals surface area contributed by atoms with E-state index in [-0.39, 0.29) is 0 Å². The topological polar surface area (TPSA) is 69.1 Å². The molecule has 0 aromatic heterocycles. The molecule has 1 unspecified atom stereocenters. The van der Waals surface area contributed by atoms with Gasteiger partial charge in [-0.25, -0.2) is 0 Å². The van der Waals surface area contributed by atoms with Gasteiger partial charge in [-0.3, -0.25) is 4.79 Å². The van der Waals surface area contributed by atoms with Gasteiger partial charge >= 0.3 is 0 Å².